The van der Waals surface area contributed by atoms with Crippen LogP contribution in [0.25, 0.3) is 17.4 Å². The van der Waals surface area contributed by atoms with Gasteiger partial charge in [-0.2, -0.15) is 0 Å². The second kappa shape index (κ2) is 7.63. The molecular formula is C20H17FN2O4S. The maximum absolute atomic E-state index is 13.0. The number of furan rings is 1. The lowest BCUT2D eigenvalue weighted by atomic mass is 10.2. The molecule has 0 spiro atoms. The number of carbonyl (C=O) groups is 3. The molecule has 2 fully saturated rings. The first-order chi connectivity index (χ1) is 13.5. The topological polar surface area (TPSA) is 70.8 Å². The first kappa shape index (κ1) is 18.5. The molecule has 4 rings (SSSR count). The van der Waals surface area contributed by atoms with Crippen LogP contribution in [0.15, 0.2) is 45.7 Å². The Bertz CT molecular complexity index is 961. The van der Waals surface area contributed by atoms with Crippen molar-refractivity contribution in [1.82, 2.24) is 9.80 Å². The van der Waals surface area contributed by atoms with Crippen molar-refractivity contribution in [3.63, 3.8) is 0 Å². The lowest BCUT2D eigenvalue weighted by molar-refractivity contribution is -0.135. The van der Waals surface area contributed by atoms with E-state index in [2.05, 4.69) is 0 Å². The zero-order valence-corrected chi connectivity index (χ0v) is 15.7. The molecule has 0 aliphatic carbocycles. The van der Waals surface area contributed by atoms with Crippen LogP contribution >= 0.6 is 11.8 Å². The summed E-state index contributed by atoms with van der Waals surface area (Å²) in [7, 11) is 0. The number of carbonyl (C=O) groups excluding carboxylic acids is 3. The predicted octanol–water partition coefficient (Wildman–Crippen LogP) is 3.74. The Morgan fingerprint density at radius 2 is 1.82 bits per heavy atom. The molecule has 1 aromatic carbocycles. The molecule has 0 N–H and O–H groups in total. The van der Waals surface area contributed by atoms with Crippen molar-refractivity contribution in [2.24, 2.45) is 0 Å². The van der Waals surface area contributed by atoms with Crippen LogP contribution in [-0.2, 0) is 9.59 Å². The van der Waals surface area contributed by atoms with E-state index >= 15 is 0 Å². The molecule has 2 aliphatic rings. The Labute approximate surface area is 165 Å². The molecule has 28 heavy (non-hydrogen) atoms. The number of thioether (sulfide) groups is 1. The molecule has 6 nitrogen and oxygen atoms in total. The number of halogens is 1. The second-order valence-corrected chi connectivity index (χ2v) is 7.56. The number of nitrogens with zero attached hydrogens (tertiary/aromatic N) is 2. The minimum absolute atomic E-state index is 0.208. The quantitative estimate of drug-likeness (QED) is 0.731. The van der Waals surface area contributed by atoms with E-state index < -0.39 is 11.1 Å². The van der Waals surface area contributed by atoms with Crippen molar-refractivity contribution in [3.05, 3.63) is 52.9 Å². The van der Waals surface area contributed by atoms with E-state index in [0.29, 0.717) is 30.2 Å². The van der Waals surface area contributed by atoms with Crippen LogP contribution < -0.4 is 0 Å². The predicted molar refractivity (Wildman–Crippen MR) is 103 cm³/mol. The number of benzene rings is 1. The Morgan fingerprint density at radius 3 is 2.54 bits per heavy atom. The number of rotatable bonds is 4. The van der Waals surface area contributed by atoms with E-state index in [1.165, 1.54) is 18.2 Å². The smallest absolute Gasteiger partial charge is 0.294 e. The van der Waals surface area contributed by atoms with Gasteiger partial charge in [-0.25, -0.2) is 4.39 Å². The largest absolute Gasteiger partial charge is 0.457 e. The highest BCUT2D eigenvalue weighted by Gasteiger charge is 2.37. The molecule has 2 aromatic rings. The SMILES string of the molecule is O=C(CN1C(=O)SC(=Cc2ccc(-c3ccc(F)cc3)o2)C1=O)N1CCCC1. The molecule has 0 atom stereocenters. The zero-order valence-electron chi connectivity index (χ0n) is 14.9. The van der Waals surface area contributed by atoms with Gasteiger partial charge in [-0.1, -0.05) is 0 Å². The summed E-state index contributed by atoms with van der Waals surface area (Å²) < 4.78 is 18.7. The van der Waals surface area contributed by atoms with Gasteiger partial charge in [0.25, 0.3) is 11.1 Å². The highest BCUT2D eigenvalue weighted by atomic mass is 32.2. The summed E-state index contributed by atoms with van der Waals surface area (Å²) >= 11 is 0.786. The first-order valence-corrected chi connectivity index (χ1v) is 9.72. The molecule has 0 radical (unpaired) electrons. The normalized spacial score (nSPS) is 18.5. The summed E-state index contributed by atoms with van der Waals surface area (Å²) in [5.74, 6) is -0.127. The summed E-state index contributed by atoms with van der Waals surface area (Å²) in [5.41, 5.74) is 0.699. The van der Waals surface area contributed by atoms with E-state index in [0.717, 1.165) is 29.5 Å². The van der Waals surface area contributed by atoms with Crippen molar-refractivity contribution >= 4 is 34.9 Å². The van der Waals surface area contributed by atoms with Gasteiger partial charge in [-0.3, -0.25) is 19.3 Å². The first-order valence-electron chi connectivity index (χ1n) is 8.90. The molecular weight excluding hydrogens is 383 g/mol. The highest BCUT2D eigenvalue weighted by Crippen LogP contribution is 2.33. The van der Waals surface area contributed by atoms with Crippen molar-refractivity contribution < 1.29 is 23.2 Å². The number of amides is 3. The summed E-state index contributed by atoms with van der Waals surface area (Å²) in [5, 5.41) is -0.464. The van der Waals surface area contributed by atoms with Crippen LogP contribution in [0, 0.1) is 5.82 Å². The second-order valence-electron chi connectivity index (χ2n) is 6.56. The molecule has 144 valence electrons. The van der Waals surface area contributed by atoms with E-state index in [9.17, 15) is 18.8 Å². The Hall–Kier alpha value is -2.87. The third kappa shape index (κ3) is 3.73. The molecule has 0 saturated carbocycles. The Kier molecular flexibility index (Phi) is 5.04. The van der Waals surface area contributed by atoms with Gasteiger partial charge in [0.05, 0.1) is 4.91 Å². The van der Waals surface area contributed by atoms with E-state index in [1.54, 1.807) is 29.2 Å². The number of imide groups is 1. The average molecular weight is 400 g/mol. The van der Waals surface area contributed by atoms with Crippen LogP contribution in [-0.4, -0.2) is 46.5 Å². The van der Waals surface area contributed by atoms with Gasteiger partial charge in [0.2, 0.25) is 5.91 Å². The standard InChI is InChI=1S/C20H17FN2O4S/c21-14-5-3-13(4-6-14)16-8-7-15(27-16)11-17-19(25)23(20(26)28-17)12-18(24)22-9-1-2-10-22/h3-8,11H,1-2,9-10,12H2. The third-order valence-electron chi connectivity index (χ3n) is 4.65. The van der Waals surface area contributed by atoms with Crippen LogP contribution in [0.2, 0.25) is 0 Å². The van der Waals surface area contributed by atoms with Gasteiger partial charge >= 0.3 is 0 Å². The molecule has 8 heteroatoms. The van der Waals surface area contributed by atoms with Gasteiger partial charge in [0.1, 0.15) is 23.9 Å². The molecule has 0 unspecified atom stereocenters. The fourth-order valence-corrected chi connectivity index (χ4v) is 3.99. The molecule has 2 aliphatic heterocycles. The maximum Gasteiger partial charge on any atom is 0.294 e. The minimum Gasteiger partial charge on any atom is -0.457 e. The van der Waals surface area contributed by atoms with Crippen molar-refractivity contribution in [2.45, 2.75) is 12.8 Å². The summed E-state index contributed by atoms with van der Waals surface area (Å²) in [6.07, 6.45) is 3.38. The Morgan fingerprint density at radius 1 is 1.11 bits per heavy atom. The van der Waals surface area contributed by atoms with Gasteiger partial charge in [0, 0.05) is 24.7 Å². The van der Waals surface area contributed by atoms with Crippen LogP contribution in [0.3, 0.4) is 0 Å². The van der Waals surface area contributed by atoms with Crippen molar-refractivity contribution in [2.75, 3.05) is 19.6 Å². The van der Waals surface area contributed by atoms with Gasteiger partial charge in [-0.05, 0) is 61.0 Å². The molecule has 3 amide bonds. The summed E-state index contributed by atoms with van der Waals surface area (Å²) in [6, 6.07) is 9.23. The van der Waals surface area contributed by atoms with Gasteiger partial charge < -0.3 is 9.32 Å². The minimum atomic E-state index is -0.498. The zero-order chi connectivity index (χ0) is 19.7. The summed E-state index contributed by atoms with van der Waals surface area (Å²) in [4.78, 5) is 39.8. The van der Waals surface area contributed by atoms with Crippen molar-refractivity contribution in [3.8, 4) is 11.3 Å². The molecule has 1 aromatic heterocycles. The highest BCUT2D eigenvalue weighted by molar-refractivity contribution is 8.18. The third-order valence-corrected chi connectivity index (χ3v) is 5.56. The van der Waals surface area contributed by atoms with E-state index in [4.69, 9.17) is 4.42 Å². The van der Waals surface area contributed by atoms with E-state index in [1.807, 2.05) is 0 Å². The monoisotopic (exact) mass is 400 g/mol. The number of hydrogen-bond acceptors (Lipinski definition) is 5. The number of hydrogen-bond donors (Lipinski definition) is 0. The molecule has 2 saturated heterocycles. The van der Waals surface area contributed by atoms with Gasteiger partial charge in [-0.15, -0.1) is 0 Å². The fraction of sp³-hybridized carbons (Fsp3) is 0.250. The lowest BCUT2D eigenvalue weighted by Crippen LogP contribution is -2.40. The van der Waals surface area contributed by atoms with Crippen molar-refractivity contribution in [1.29, 1.82) is 0 Å². The van der Waals surface area contributed by atoms with E-state index in [-0.39, 0.29) is 23.2 Å². The maximum atomic E-state index is 13.0. The fourth-order valence-electron chi connectivity index (χ4n) is 3.17. The van der Waals surface area contributed by atoms with Crippen LogP contribution in [0.5, 0.6) is 0 Å². The summed E-state index contributed by atoms with van der Waals surface area (Å²) in [6.45, 7) is 1.11. The average Bonchev–Trinajstić information content (AvgIpc) is 3.41. The van der Waals surface area contributed by atoms with Crippen LogP contribution in [0.1, 0.15) is 18.6 Å². The molecule has 3 heterocycles. The molecule has 0 bridgehead atoms. The lowest BCUT2D eigenvalue weighted by Gasteiger charge is -2.18. The number of likely N-dealkylation sites (tertiary alicyclic amines) is 1. The Balaban J connectivity index is 1.48. The van der Waals surface area contributed by atoms with Gasteiger partial charge in [0.15, 0.2) is 0 Å². The van der Waals surface area contributed by atoms with Crippen LogP contribution in [0.4, 0.5) is 9.18 Å².